The number of hydrogen-bond donors (Lipinski definition) is 0. The number of ether oxygens (including phenoxy) is 1. The SMILES string of the molecule is COc1cc(CC=O)ccc1CC(C)=O. The molecule has 0 amide bonds. The Morgan fingerprint density at radius 3 is 2.73 bits per heavy atom. The maximum absolute atomic E-state index is 11.0. The summed E-state index contributed by atoms with van der Waals surface area (Å²) >= 11 is 0. The zero-order valence-electron chi connectivity index (χ0n) is 8.95. The van der Waals surface area contributed by atoms with Crippen LogP contribution in [0.3, 0.4) is 0 Å². The summed E-state index contributed by atoms with van der Waals surface area (Å²) < 4.78 is 5.17. The highest BCUT2D eigenvalue weighted by molar-refractivity contribution is 5.79. The minimum absolute atomic E-state index is 0.0939. The lowest BCUT2D eigenvalue weighted by atomic mass is 10.0. The van der Waals surface area contributed by atoms with Gasteiger partial charge in [-0.25, -0.2) is 0 Å². The van der Waals surface area contributed by atoms with Crippen molar-refractivity contribution >= 4 is 12.1 Å². The molecular formula is C12H14O3. The molecule has 1 aromatic rings. The van der Waals surface area contributed by atoms with Gasteiger partial charge in [-0.1, -0.05) is 12.1 Å². The van der Waals surface area contributed by atoms with Crippen molar-refractivity contribution in [1.82, 2.24) is 0 Å². The molecule has 0 aliphatic rings. The second-order valence-electron chi connectivity index (χ2n) is 3.40. The molecule has 0 spiro atoms. The van der Waals surface area contributed by atoms with Gasteiger partial charge in [-0.15, -0.1) is 0 Å². The summed E-state index contributed by atoms with van der Waals surface area (Å²) in [5, 5.41) is 0. The summed E-state index contributed by atoms with van der Waals surface area (Å²) in [4.78, 5) is 21.3. The molecule has 3 heteroatoms. The van der Waals surface area contributed by atoms with Crippen molar-refractivity contribution in [2.24, 2.45) is 0 Å². The quantitative estimate of drug-likeness (QED) is 0.687. The molecule has 1 aromatic carbocycles. The van der Waals surface area contributed by atoms with Gasteiger partial charge in [0.25, 0.3) is 0 Å². The van der Waals surface area contributed by atoms with Crippen molar-refractivity contribution in [2.75, 3.05) is 7.11 Å². The normalized spacial score (nSPS) is 9.73. The first kappa shape index (κ1) is 11.4. The van der Waals surface area contributed by atoms with E-state index in [0.29, 0.717) is 18.6 Å². The van der Waals surface area contributed by atoms with Crippen molar-refractivity contribution in [3.8, 4) is 5.75 Å². The van der Waals surface area contributed by atoms with Crippen molar-refractivity contribution in [3.05, 3.63) is 29.3 Å². The van der Waals surface area contributed by atoms with Gasteiger partial charge in [-0.2, -0.15) is 0 Å². The number of benzene rings is 1. The lowest BCUT2D eigenvalue weighted by Gasteiger charge is -2.08. The monoisotopic (exact) mass is 206 g/mol. The Labute approximate surface area is 89.1 Å². The van der Waals surface area contributed by atoms with Crippen LogP contribution in [0.4, 0.5) is 0 Å². The molecule has 0 saturated heterocycles. The van der Waals surface area contributed by atoms with E-state index in [1.165, 1.54) is 0 Å². The Balaban J connectivity index is 2.97. The minimum atomic E-state index is 0.0939. The van der Waals surface area contributed by atoms with Crippen LogP contribution in [0.2, 0.25) is 0 Å². The third-order valence-electron chi connectivity index (χ3n) is 2.11. The number of rotatable bonds is 5. The largest absolute Gasteiger partial charge is 0.496 e. The maximum atomic E-state index is 11.0. The van der Waals surface area contributed by atoms with E-state index in [2.05, 4.69) is 0 Å². The Morgan fingerprint density at radius 1 is 1.47 bits per heavy atom. The van der Waals surface area contributed by atoms with E-state index in [9.17, 15) is 9.59 Å². The highest BCUT2D eigenvalue weighted by Gasteiger charge is 2.06. The molecule has 0 saturated carbocycles. The molecular weight excluding hydrogens is 192 g/mol. The van der Waals surface area contributed by atoms with Crippen LogP contribution in [0, 0.1) is 0 Å². The topological polar surface area (TPSA) is 43.4 Å². The lowest BCUT2D eigenvalue weighted by Crippen LogP contribution is -2.00. The first-order valence-corrected chi connectivity index (χ1v) is 4.76. The molecule has 0 radical (unpaired) electrons. The van der Waals surface area contributed by atoms with Gasteiger partial charge in [0.15, 0.2) is 0 Å². The summed E-state index contributed by atoms with van der Waals surface area (Å²) in [6.07, 6.45) is 1.58. The number of methoxy groups -OCH3 is 1. The summed E-state index contributed by atoms with van der Waals surface area (Å²) in [6, 6.07) is 5.47. The second kappa shape index (κ2) is 5.29. The molecule has 0 aliphatic carbocycles. The van der Waals surface area contributed by atoms with E-state index in [4.69, 9.17) is 4.74 Å². The zero-order chi connectivity index (χ0) is 11.3. The van der Waals surface area contributed by atoms with E-state index in [-0.39, 0.29) is 5.78 Å². The summed E-state index contributed by atoms with van der Waals surface area (Å²) in [5.74, 6) is 0.765. The molecule has 15 heavy (non-hydrogen) atoms. The molecule has 0 aromatic heterocycles. The minimum Gasteiger partial charge on any atom is -0.496 e. The Kier molecular flexibility index (Phi) is 4.03. The van der Waals surface area contributed by atoms with Gasteiger partial charge in [-0.05, 0) is 18.6 Å². The van der Waals surface area contributed by atoms with Crippen LogP contribution in [-0.2, 0) is 22.4 Å². The third-order valence-corrected chi connectivity index (χ3v) is 2.11. The van der Waals surface area contributed by atoms with Crippen LogP contribution in [0.1, 0.15) is 18.1 Å². The van der Waals surface area contributed by atoms with Gasteiger partial charge in [0.05, 0.1) is 7.11 Å². The predicted octanol–water partition coefficient (Wildman–Crippen LogP) is 1.57. The van der Waals surface area contributed by atoms with E-state index in [1.54, 1.807) is 20.1 Å². The maximum Gasteiger partial charge on any atom is 0.134 e. The molecule has 0 atom stereocenters. The fourth-order valence-electron chi connectivity index (χ4n) is 1.43. The summed E-state index contributed by atoms with van der Waals surface area (Å²) in [5.41, 5.74) is 1.76. The number of carbonyl (C=O) groups is 2. The fourth-order valence-corrected chi connectivity index (χ4v) is 1.43. The highest BCUT2D eigenvalue weighted by atomic mass is 16.5. The molecule has 0 N–H and O–H groups in total. The number of ketones is 1. The van der Waals surface area contributed by atoms with E-state index < -0.39 is 0 Å². The number of hydrogen-bond acceptors (Lipinski definition) is 3. The van der Waals surface area contributed by atoms with Crippen molar-refractivity contribution in [3.63, 3.8) is 0 Å². The van der Waals surface area contributed by atoms with Crippen LogP contribution in [0.25, 0.3) is 0 Å². The number of aldehydes is 1. The number of carbonyl (C=O) groups excluding carboxylic acids is 2. The van der Waals surface area contributed by atoms with Crippen molar-refractivity contribution < 1.29 is 14.3 Å². The Hall–Kier alpha value is -1.64. The van der Waals surface area contributed by atoms with Crippen LogP contribution < -0.4 is 4.74 Å². The standard InChI is InChI=1S/C12H14O3/c1-9(14)7-11-4-3-10(5-6-13)8-12(11)15-2/h3-4,6,8H,5,7H2,1-2H3. The first-order chi connectivity index (χ1) is 7.17. The Morgan fingerprint density at radius 2 is 2.20 bits per heavy atom. The van der Waals surface area contributed by atoms with Crippen molar-refractivity contribution in [1.29, 1.82) is 0 Å². The average molecular weight is 206 g/mol. The molecule has 80 valence electrons. The lowest BCUT2D eigenvalue weighted by molar-refractivity contribution is -0.116. The van der Waals surface area contributed by atoms with Gasteiger partial charge >= 0.3 is 0 Å². The van der Waals surface area contributed by atoms with Crippen molar-refractivity contribution in [2.45, 2.75) is 19.8 Å². The van der Waals surface area contributed by atoms with Crippen LogP contribution in [0.5, 0.6) is 5.75 Å². The van der Waals surface area contributed by atoms with E-state index in [1.807, 2.05) is 12.1 Å². The fraction of sp³-hybridized carbons (Fsp3) is 0.333. The molecule has 1 rings (SSSR count). The summed E-state index contributed by atoms with van der Waals surface area (Å²) in [6.45, 7) is 1.54. The van der Waals surface area contributed by atoms with Gasteiger partial charge < -0.3 is 9.53 Å². The van der Waals surface area contributed by atoms with Crippen LogP contribution >= 0.6 is 0 Å². The van der Waals surface area contributed by atoms with Crippen LogP contribution in [-0.4, -0.2) is 19.2 Å². The molecule has 0 bridgehead atoms. The molecule has 0 fully saturated rings. The van der Waals surface area contributed by atoms with Gasteiger partial charge in [0, 0.05) is 18.4 Å². The van der Waals surface area contributed by atoms with E-state index >= 15 is 0 Å². The van der Waals surface area contributed by atoms with Gasteiger partial charge in [0.1, 0.15) is 17.8 Å². The van der Waals surface area contributed by atoms with E-state index in [0.717, 1.165) is 17.4 Å². The molecule has 0 heterocycles. The first-order valence-electron chi connectivity index (χ1n) is 4.76. The third kappa shape index (κ3) is 3.20. The van der Waals surface area contributed by atoms with Crippen LogP contribution in [0.15, 0.2) is 18.2 Å². The Bertz CT molecular complexity index is 369. The highest BCUT2D eigenvalue weighted by Crippen LogP contribution is 2.21. The van der Waals surface area contributed by atoms with Gasteiger partial charge in [0.2, 0.25) is 0 Å². The molecule has 0 unspecified atom stereocenters. The summed E-state index contributed by atoms with van der Waals surface area (Å²) in [7, 11) is 1.56. The molecule has 3 nitrogen and oxygen atoms in total. The molecule has 0 aliphatic heterocycles. The zero-order valence-corrected chi connectivity index (χ0v) is 8.95. The second-order valence-corrected chi connectivity index (χ2v) is 3.40. The predicted molar refractivity (Wildman–Crippen MR) is 57.1 cm³/mol. The average Bonchev–Trinajstić information content (AvgIpc) is 2.20. The number of Topliss-reactive ketones (excluding diaryl/α,β-unsaturated/α-hetero) is 1. The van der Waals surface area contributed by atoms with Gasteiger partial charge in [-0.3, -0.25) is 4.79 Å². The smallest absolute Gasteiger partial charge is 0.134 e.